The Morgan fingerprint density at radius 3 is 2.38 bits per heavy atom. The average Bonchev–Trinajstić information content (AvgIpc) is 2.78. The van der Waals surface area contributed by atoms with E-state index in [2.05, 4.69) is 18.1 Å². The van der Waals surface area contributed by atoms with Gasteiger partial charge in [0.05, 0.1) is 12.5 Å². The molecule has 0 atom stereocenters. The Balaban J connectivity index is 1.87. The van der Waals surface area contributed by atoms with E-state index in [9.17, 15) is 15.0 Å². The third kappa shape index (κ3) is 5.60. The normalized spacial score (nSPS) is 14.8. The maximum absolute atomic E-state index is 12.0. The van der Waals surface area contributed by atoms with Crippen LogP contribution in [0.15, 0.2) is 55.6 Å². The van der Waals surface area contributed by atoms with E-state index in [1.807, 2.05) is 43.3 Å². The molecule has 0 aromatic heterocycles. The number of phenolic OH excluding ortho intramolecular Hbond substituents is 2. The van der Waals surface area contributed by atoms with Gasteiger partial charge in [0.15, 0.2) is 0 Å². The first-order valence-corrected chi connectivity index (χ1v) is 11.2. The van der Waals surface area contributed by atoms with Crippen LogP contribution < -0.4 is 0 Å². The highest BCUT2D eigenvalue weighted by molar-refractivity contribution is 5.78. The zero-order valence-electron chi connectivity index (χ0n) is 18.8. The van der Waals surface area contributed by atoms with E-state index < -0.39 is 0 Å². The molecule has 0 radical (unpaired) electrons. The number of benzene rings is 2. The molecule has 1 heterocycles. The molecule has 1 aliphatic rings. The van der Waals surface area contributed by atoms with Crippen molar-refractivity contribution in [3.8, 4) is 22.6 Å². The summed E-state index contributed by atoms with van der Waals surface area (Å²) in [6, 6.07) is 9.34. The fourth-order valence-corrected chi connectivity index (χ4v) is 4.29. The first-order valence-electron chi connectivity index (χ1n) is 11.2. The summed E-state index contributed by atoms with van der Waals surface area (Å²) >= 11 is 0. The SMILES string of the molecule is C=CCc1ccc(O)c(-c2cc(CC=C)cc(CN3CCC(C(=O)OCC)CC3)c2O)c1. The Morgan fingerprint density at radius 1 is 1.06 bits per heavy atom. The average molecular weight is 436 g/mol. The number of ether oxygens (including phenoxy) is 1. The van der Waals surface area contributed by atoms with Gasteiger partial charge in [-0.3, -0.25) is 9.69 Å². The van der Waals surface area contributed by atoms with Gasteiger partial charge >= 0.3 is 5.97 Å². The third-order valence-corrected chi connectivity index (χ3v) is 5.96. The van der Waals surface area contributed by atoms with E-state index in [0.29, 0.717) is 37.1 Å². The number of hydrogen-bond acceptors (Lipinski definition) is 5. The number of nitrogens with zero attached hydrogens (tertiary/aromatic N) is 1. The summed E-state index contributed by atoms with van der Waals surface area (Å²) in [5.74, 6) is 0.147. The lowest BCUT2D eigenvalue weighted by molar-refractivity contribution is -0.149. The van der Waals surface area contributed by atoms with Crippen molar-refractivity contribution >= 4 is 5.97 Å². The largest absolute Gasteiger partial charge is 0.507 e. The number of piperidine rings is 1. The van der Waals surface area contributed by atoms with Gasteiger partial charge in [0, 0.05) is 23.2 Å². The molecule has 5 nitrogen and oxygen atoms in total. The van der Waals surface area contributed by atoms with Gasteiger partial charge < -0.3 is 14.9 Å². The molecular weight excluding hydrogens is 402 g/mol. The molecule has 1 saturated heterocycles. The van der Waals surface area contributed by atoms with Gasteiger partial charge in [-0.2, -0.15) is 0 Å². The zero-order chi connectivity index (χ0) is 23.1. The summed E-state index contributed by atoms with van der Waals surface area (Å²) < 4.78 is 5.16. The summed E-state index contributed by atoms with van der Waals surface area (Å²) in [6.07, 6.45) is 6.50. The van der Waals surface area contributed by atoms with Crippen molar-refractivity contribution in [1.82, 2.24) is 4.90 Å². The van der Waals surface area contributed by atoms with Gasteiger partial charge in [0.2, 0.25) is 0 Å². The fraction of sp³-hybridized carbons (Fsp3) is 0.370. The second kappa shape index (κ2) is 11.0. The van der Waals surface area contributed by atoms with E-state index >= 15 is 0 Å². The van der Waals surface area contributed by atoms with Crippen molar-refractivity contribution in [2.24, 2.45) is 5.92 Å². The Labute approximate surface area is 190 Å². The highest BCUT2D eigenvalue weighted by atomic mass is 16.5. The van der Waals surface area contributed by atoms with Crippen molar-refractivity contribution in [3.05, 3.63) is 72.3 Å². The van der Waals surface area contributed by atoms with Crippen molar-refractivity contribution in [1.29, 1.82) is 0 Å². The Kier molecular flexibility index (Phi) is 8.12. The molecule has 32 heavy (non-hydrogen) atoms. The number of rotatable bonds is 9. The molecule has 5 heteroatoms. The molecular formula is C27H33NO4. The number of esters is 1. The van der Waals surface area contributed by atoms with Crippen LogP contribution in [-0.4, -0.2) is 40.8 Å². The predicted molar refractivity (Wildman–Crippen MR) is 128 cm³/mol. The van der Waals surface area contributed by atoms with Crippen LogP contribution in [0.1, 0.15) is 36.5 Å². The van der Waals surface area contributed by atoms with Crippen LogP contribution >= 0.6 is 0 Å². The summed E-state index contributed by atoms with van der Waals surface area (Å²) in [6.45, 7) is 12.0. The Hall–Kier alpha value is -3.05. The lowest BCUT2D eigenvalue weighted by Gasteiger charge is -2.31. The number of likely N-dealkylation sites (tertiary alicyclic amines) is 1. The summed E-state index contributed by atoms with van der Waals surface area (Å²) in [4.78, 5) is 14.3. The molecule has 1 fully saturated rings. The molecule has 170 valence electrons. The van der Waals surface area contributed by atoms with E-state index in [1.165, 1.54) is 0 Å². The molecule has 0 spiro atoms. The van der Waals surface area contributed by atoms with Crippen LogP contribution in [0.5, 0.6) is 11.5 Å². The topological polar surface area (TPSA) is 70.0 Å². The third-order valence-electron chi connectivity index (χ3n) is 5.96. The molecule has 3 rings (SSSR count). The highest BCUT2D eigenvalue weighted by Crippen LogP contribution is 2.40. The van der Waals surface area contributed by atoms with Crippen molar-refractivity contribution in [2.75, 3.05) is 19.7 Å². The molecule has 0 bridgehead atoms. The van der Waals surface area contributed by atoms with Gasteiger partial charge in [-0.15, -0.1) is 13.2 Å². The molecule has 0 saturated carbocycles. The number of phenols is 2. The smallest absolute Gasteiger partial charge is 0.309 e. The van der Waals surface area contributed by atoms with E-state index in [1.54, 1.807) is 6.07 Å². The molecule has 1 aliphatic heterocycles. The van der Waals surface area contributed by atoms with Gasteiger partial charge in [-0.1, -0.05) is 24.3 Å². The van der Waals surface area contributed by atoms with Gasteiger partial charge in [-0.25, -0.2) is 0 Å². The number of allylic oxidation sites excluding steroid dienone is 2. The summed E-state index contributed by atoms with van der Waals surface area (Å²) in [5, 5.41) is 21.7. The van der Waals surface area contributed by atoms with Crippen LogP contribution in [0.25, 0.3) is 11.1 Å². The second-order valence-corrected chi connectivity index (χ2v) is 8.29. The van der Waals surface area contributed by atoms with Crippen molar-refractivity contribution in [3.63, 3.8) is 0 Å². The molecule has 0 amide bonds. The predicted octanol–water partition coefficient (Wildman–Crippen LogP) is 5.00. The lowest BCUT2D eigenvalue weighted by Crippen LogP contribution is -2.36. The fourth-order valence-electron chi connectivity index (χ4n) is 4.29. The van der Waals surface area contributed by atoms with Crippen molar-refractivity contribution < 1.29 is 19.7 Å². The molecule has 0 aliphatic carbocycles. The number of carbonyl (C=O) groups excluding carboxylic acids is 1. The van der Waals surface area contributed by atoms with Crippen LogP contribution in [0, 0.1) is 5.92 Å². The maximum atomic E-state index is 12.0. The highest BCUT2D eigenvalue weighted by Gasteiger charge is 2.27. The number of hydrogen-bond donors (Lipinski definition) is 2. The zero-order valence-corrected chi connectivity index (χ0v) is 18.8. The minimum Gasteiger partial charge on any atom is -0.507 e. The van der Waals surface area contributed by atoms with E-state index in [0.717, 1.165) is 42.6 Å². The minimum absolute atomic E-state index is 0.0491. The minimum atomic E-state index is -0.111. The van der Waals surface area contributed by atoms with Crippen LogP contribution in [0.3, 0.4) is 0 Å². The van der Waals surface area contributed by atoms with Crippen molar-refractivity contribution in [2.45, 2.75) is 39.2 Å². The first kappa shape index (κ1) is 23.6. The van der Waals surface area contributed by atoms with Crippen LogP contribution in [0.4, 0.5) is 0 Å². The monoisotopic (exact) mass is 435 g/mol. The van der Waals surface area contributed by atoms with E-state index in [-0.39, 0.29) is 23.4 Å². The van der Waals surface area contributed by atoms with Gasteiger partial charge in [-0.05, 0) is 75.0 Å². The van der Waals surface area contributed by atoms with Gasteiger partial charge in [0.25, 0.3) is 0 Å². The Morgan fingerprint density at radius 2 is 1.72 bits per heavy atom. The molecule has 2 aromatic rings. The summed E-state index contributed by atoms with van der Waals surface area (Å²) in [7, 11) is 0. The lowest BCUT2D eigenvalue weighted by atomic mass is 9.93. The standard InChI is InChI=1S/C27H33NO4/c1-4-7-19-9-10-25(29)23(16-19)24-17-20(8-5-2)15-22(26(24)30)18-28-13-11-21(12-14-28)27(31)32-6-3/h4-5,9-10,15-17,21,29-30H,1-2,6-8,11-14,18H2,3H3. The molecule has 2 N–H and O–H groups in total. The van der Waals surface area contributed by atoms with Crippen LogP contribution in [0.2, 0.25) is 0 Å². The molecule has 2 aromatic carbocycles. The van der Waals surface area contributed by atoms with Gasteiger partial charge in [0.1, 0.15) is 11.5 Å². The van der Waals surface area contributed by atoms with Crippen LogP contribution in [-0.2, 0) is 28.9 Å². The Bertz CT molecular complexity index is 974. The van der Waals surface area contributed by atoms with E-state index in [4.69, 9.17) is 4.74 Å². The summed E-state index contributed by atoms with van der Waals surface area (Å²) in [5.41, 5.74) is 4.07. The number of carbonyl (C=O) groups is 1. The molecule has 0 unspecified atom stereocenters. The maximum Gasteiger partial charge on any atom is 0.309 e. The quantitative estimate of drug-likeness (QED) is 0.429. The second-order valence-electron chi connectivity index (χ2n) is 8.29. The first-order chi connectivity index (χ1) is 15.5. The number of aromatic hydroxyl groups is 2.